The van der Waals surface area contributed by atoms with E-state index in [1.807, 2.05) is 91.0 Å². The number of nitrogens with one attached hydrogen (secondary N) is 2. The Bertz CT molecular complexity index is 1380. The average Bonchev–Trinajstić information content (AvgIpc) is 3.09. The molecule has 0 spiro atoms. The van der Waals surface area contributed by atoms with E-state index < -0.39 is 35.9 Å². The fourth-order valence-corrected chi connectivity index (χ4v) is 5.51. The number of esters is 1. The van der Waals surface area contributed by atoms with Crippen molar-refractivity contribution in [2.24, 2.45) is 11.8 Å². The zero-order valence-corrected chi connectivity index (χ0v) is 27.3. The predicted molar refractivity (Wildman–Crippen MR) is 184 cm³/mol. The first kappa shape index (κ1) is 36.9. The summed E-state index contributed by atoms with van der Waals surface area (Å²) in [5.41, 5.74) is 2.70. The second-order valence-corrected chi connectivity index (χ2v) is 11.7. The van der Waals surface area contributed by atoms with Gasteiger partial charge in [-0.1, -0.05) is 103 Å². The monoisotopic (exact) mass is 640 g/mol. The molecule has 0 radical (unpaired) electrons. The van der Waals surface area contributed by atoms with Gasteiger partial charge in [0.05, 0.1) is 37.1 Å². The van der Waals surface area contributed by atoms with E-state index in [0.717, 1.165) is 11.1 Å². The molecule has 8 nitrogen and oxygen atoms in total. The third kappa shape index (κ3) is 12.6. The lowest BCUT2D eigenvalue weighted by atomic mass is 9.94. The van der Waals surface area contributed by atoms with E-state index in [1.165, 1.54) is 7.11 Å². The second kappa shape index (κ2) is 20.6. The Labute approximate surface area is 278 Å². The van der Waals surface area contributed by atoms with Crippen molar-refractivity contribution in [1.29, 1.82) is 0 Å². The topological polar surface area (TPSA) is 114 Å². The number of amides is 2. The molecule has 250 valence electrons. The third-order valence-corrected chi connectivity index (χ3v) is 7.95. The number of aliphatic hydroxyl groups excluding tert-OH is 1. The molecule has 0 aromatic heterocycles. The van der Waals surface area contributed by atoms with Gasteiger partial charge < -0.3 is 25.2 Å². The highest BCUT2D eigenvalue weighted by atomic mass is 16.5. The summed E-state index contributed by atoms with van der Waals surface area (Å²) in [6.07, 6.45) is 4.84. The van der Waals surface area contributed by atoms with Crippen molar-refractivity contribution in [3.05, 3.63) is 133 Å². The normalized spacial score (nSPS) is 14.1. The first-order chi connectivity index (χ1) is 22.9. The van der Waals surface area contributed by atoms with Gasteiger partial charge in [0.2, 0.25) is 11.8 Å². The second-order valence-electron chi connectivity index (χ2n) is 11.7. The lowest BCUT2D eigenvalue weighted by Crippen LogP contribution is -2.47. The molecular weight excluding hydrogens is 592 g/mol. The van der Waals surface area contributed by atoms with Crippen LogP contribution in [-0.2, 0) is 36.7 Å². The molecule has 5 atom stereocenters. The molecule has 0 aliphatic heterocycles. The minimum absolute atomic E-state index is 0.0608. The zero-order valence-electron chi connectivity index (χ0n) is 27.3. The number of allylic oxidation sites excluding steroid dienone is 2. The maximum atomic E-state index is 13.8. The summed E-state index contributed by atoms with van der Waals surface area (Å²) in [5.74, 6) is -2.30. The largest absolute Gasteiger partial charge is 0.455 e. The van der Waals surface area contributed by atoms with Crippen LogP contribution >= 0.6 is 0 Å². The van der Waals surface area contributed by atoms with Crippen molar-refractivity contribution in [2.75, 3.05) is 20.3 Å². The van der Waals surface area contributed by atoms with Gasteiger partial charge in [-0.3, -0.25) is 14.4 Å². The number of hydrogen-bond donors (Lipinski definition) is 3. The van der Waals surface area contributed by atoms with Gasteiger partial charge in [0.25, 0.3) is 0 Å². The molecule has 0 saturated carbocycles. The Hall–Kier alpha value is -4.53. The molecule has 47 heavy (non-hydrogen) atoms. The number of hydrogen-bond acceptors (Lipinski definition) is 6. The van der Waals surface area contributed by atoms with E-state index in [4.69, 9.17) is 9.47 Å². The summed E-state index contributed by atoms with van der Waals surface area (Å²) in [5, 5.41) is 15.8. The standard InChI is InChI=1S/C39H48N2O6/c1-4-6-21-33(24-29-17-10-7-11-18-29)39(45)47-37(31-22-14-9-15-23-31)35(28-46-3)41-38(44)32(16-5-2)26-36(43)40-34(27-42)25-30-19-12-8-13-20-30/h4-5,7-15,17-20,22-23,32-35,37,42H,1-2,6,16,21,24-28H2,3H3,(H,40,43)(H,41,44)/t32-,33+,34+,35-,37-/m0/s1. The maximum absolute atomic E-state index is 13.8. The Morgan fingerprint density at radius 3 is 1.96 bits per heavy atom. The highest BCUT2D eigenvalue weighted by Gasteiger charge is 2.33. The van der Waals surface area contributed by atoms with Gasteiger partial charge in [0, 0.05) is 13.5 Å². The van der Waals surface area contributed by atoms with E-state index in [1.54, 1.807) is 12.2 Å². The number of rotatable bonds is 21. The van der Waals surface area contributed by atoms with Crippen LogP contribution in [-0.4, -0.2) is 55.3 Å². The van der Waals surface area contributed by atoms with Gasteiger partial charge in [0.1, 0.15) is 6.10 Å². The lowest BCUT2D eigenvalue weighted by Gasteiger charge is -2.30. The van der Waals surface area contributed by atoms with E-state index in [2.05, 4.69) is 23.8 Å². The highest BCUT2D eigenvalue weighted by Crippen LogP contribution is 2.27. The van der Waals surface area contributed by atoms with Crippen molar-refractivity contribution >= 4 is 17.8 Å². The molecule has 3 aromatic rings. The van der Waals surface area contributed by atoms with Gasteiger partial charge in [-0.25, -0.2) is 0 Å². The number of carbonyl (C=O) groups excluding carboxylic acids is 3. The van der Waals surface area contributed by atoms with E-state index in [-0.39, 0.29) is 37.9 Å². The molecule has 0 aliphatic rings. The first-order valence-corrected chi connectivity index (χ1v) is 16.1. The molecule has 0 saturated heterocycles. The van der Waals surface area contributed by atoms with E-state index in [0.29, 0.717) is 31.2 Å². The van der Waals surface area contributed by atoms with Crippen LogP contribution < -0.4 is 10.6 Å². The van der Waals surface area contributed by atoms with Crippen LogP contribution in [0.1, 0.15) is 48.5 Å². The summed E-state index contributed by atoms with van der Waals surface area (Å²) >= 11 is 0. The summed E-state index contributed by atoms with van der Waals surface area (Å²) in [4.78, 5) is 40.6. The molecule has 3 N–H and O–H groups in total. The van der Waals surface area contributed by atoms with E-state index in [9.17, 15) is 19.5 Å². The molecule has 0 unspecified atom stereocenters. The number of benzene rings is 3. The van der Waals surface area contributed by atoms with Gasteiger partial charge in [-0.2, -0.15) is 0 Å². The van der Waals surface area contributed by atoms with Crippen molar-refractivity contribution in [3.63, 3.8) is 0 Å². The summed E-state index contributed by atoms with van der Waals surface area (Å²) in [6, 6.07) is 27.4. The molecule has 0 fully saturated rings. The Balaban J connectivity index is 1.78. The van der Waals surface area contributed by atoms with Crippen LogP contribution in [0.5, 0.6) is 0 Å². The number of aliphatic hydroxyl groups is 1. The first-order valence-electron chi connectivity index (χ1n) is 16.1. The molecule has 0 bridgehead atoms. The van der Waals surface area contributed by atoms with Crippen LogP contribution in [0.15, 0.2) is 116 Å². The zero-order chi connectivity index (χ0) is 33.9. The van der Waals surface area contributed by atoms with E-state index >= 15 is 0 Å². The van der Waals surface area contributed by atoms with Crippen LogP contribution in [0.4, 0.5) is 0 Å². The smallest absolute Gasteiger partial charge is 0.309 e. The third-order valence-electron chi connectivity index (χ3n) is 7.95. The van der Waals surface area contributed by atoms with Crippen LogP contribution in [0.3, 0.4) is 0 Å². The fraction of sp³-hybridized carbons (Fsp3) is 0.359. The molecule has 8 heteroatoms. The molecule has 3 aromatic carbocycles. The van der Waals surface area contributed by atoms with Crippen LogP contribution in [0.2, 0.25) is 0 Å². The maximum Gasteiger partial charge on any atom is 0.309 e. The highest BCUT2D eigenvalue weighted by molar-refractivity contribution is 5.86. The van der Waals surface area contributed by atoms with Crippen molar-refractivity contribution in [2.45, 2.75) is 56.7 Å². The molecule has 2 amide bonds. The quantitative estimate of drug-likeness (QED) is 0.104. The SMILES string of the molecule is C=CCC[C@H](Cc1ccccc1)C(=O)O[C@@H](c1ccccc1)[C@H](COC)NC(=O)[C@@H](CC=C)CC(=O)N[C@@H](CO)Cc1ccccc1. The molecule has 0 aliphatic carbocycles. The van der Waals surface area contributed by atoms with Crippen LogP contribution in [0, 0.1) is 11.8 Å². The van der Waals surface area contributed by atoms with Gasteiger partial charge in [-0.15, -0.1) is 13.2 Å². The molecule has 0 heterocycles. The molecular formula is C39H48N2O6. The summed E-state index contributed by atoms with van der Waals surface area (Å²) in [6.45, 7) is 7.43. The predicted octanol–water partition coefficient (Wildman–Crippen LogP) is 5.53. The molecule has 3 rings (SSSR count). The van der Waals surface area contributed by atoms with Crippen molar-refractivity contribution in [3.8, 4) is 0 Å². The minimum Gasteiger partial charge on any atom is -0.455 e. The van der Waals surface area contributed by atoms with Crippen LogP contribution in [0.25, 0.3) is 0 Å². The Morgan fingerprint density at radius 2 is 1.40 bits per heavy atom. The Kier molecular flexibility index (Phi) is 16.2. The van der Waals surface area contributed by atoms with Gasteiger partial charge >= 0.3 is 5.97 Å². The number of methoxy groups -OCH3 is 1. The van der Waals surface area contributed by atoms with Crippen molar-refractivity contribution in [1.82, 2.24) is 10.6 Å². The fourth-order valence-electron chi connectivity index (χ4n) is 5.51. The van der Waals surface area contributed by atoms with Gasteiger partial charge in [0.15, 0.2) is 0 Å². The summed E-state index contributed by atoms with van der Waals surface area (Å²) in [7, 11) is 1.52. The summed E-state index contributed by atoms with van der Waals surface area (Å²) < 4.78 is 11.7. The minimum atomic E-state index is -0.850. The average molecular weight is 641 g/mol. The Morgan fingerprint density at radius 1 is 0.809 bits per heavy atom. The number of carbonyl (C=O) groups is 3. The lowest BCUT2D eigenvalue weighted by molar-refractivity contribution is -0.158. The van der Waals surface area contributed by atoms with Crippen molar-refractivity contribution < 1.29 is 29.0 Å². The van der Waals surface area contributed by atoms with Gasteiger partial charge in [-0.05, 0) is 48.8 Å². The number of ether oxygens (including phenoxy) is 2.